The maximum absolute atomic E-state index is 13.8. The van der Waals surface area contributed by atoms with Crippen LogP contribution < -0.4 is 14.8 Å². The van der Waals surface area contributed by atoms with Crippen LogP contribution in [0.4, 0.5) is 4.39 Å². The molecular formula is C11H14FNO4. The van der Waals surface area contributed by atoms with Crippen molar-refractivity contribution in [2.45, 2.75) is 6.10 Å². The van der Waals surface area contributed by atoms with E-state index in [-0.39, 0.29) is 30.2 Å². The maximum atomic E-state index is 13.8. The average Bonchev–Trinajstić information content (AvgIpc) is 2.31. The first kappa shape index (κ1) is 11.9. The number of nitrogens with one attached hydrogen (secondary N) is 1. The zero-order valence-corrected chi connectivity index (χ0v) is 9.36. The summed E-state index contributed by atoms with van der Waals surface area (Å²) in [7, 11) is 1.63. The molecule has 0 saturated carbocycles. The number of phenolic OH excluding ortho intramolecular Hbond substituents is 1. The molecule has 1 heterocycles. The van der Waals surface area contributed by atoms with Gasteiger partial charge in [0.1, 0.15) is 13.2 Å². The van der Waals surface area contributed by atoms with Gasteiger partial charge in [-0.15, -0.1) is 0 Å². The van der Waals surface area contributed by atoms with Gasteiger partial charge in [-0.25, -0.2) is 4.39 Å². The second-order valence-electron chi connectivity index (χ2n) is 3.72. The van der Waals surface area contributed by atoms with Crippen LogP contribution in [-0.4, -0.2) is 37.0 Å². The van der Waals surface area contributed by atoms with E-state index in [9.17, 15) is 14.6 Å². The van der Waals surface area contributed by atoms with Crippen molar-refractivity contribution in [2.24, 2.45) is 0 Å². The Labute approximate surface area is 97.8 Å². The van der Waals surface area contributed by atoms with E-state index in [0.717, 1.165) is 6.07 Å². The number of hydrogen-bond donors (Lipinski definition) is 3. The lowest BCUT2D eigenvalue weighted by Crippen LogP contribution is -2.22. The van der Waals surface area contributed by atoms with Gasteiger partial charge in [0.2, 0.25) is 0 Å². The van der Waals surface area contributed by atoms with Gasteiger partial charge in [-0.1, -0.05) is 0 Å². The Morgan fingerprint density at radius 2 is 2.18 bits per heavy atom. The number of likely N-dealkylation sites (N-methyl/N-ethyl adjacent to an activating group) is 1. The van der Waals surface area contributed by atoms with Crippen molar-refractivity contribution in [3.8, 4) is 17.2 Å². The lowest BCUT2D eigenvalue weighted by molar-refractivity contribution is 0.140. The van der Waals surface area contributed by atoms with E-state index in [0.29, 0.717) is 6.61 Å². The van der Waals surface area contributed by atoms with Gasteiger partial charge >= 0.3 is 0 Å². The van der Waals surface area contributed by atoms with Crippen molar-refractivity contribution in [2.75, 3.05) is 26.8 Å². The quantitative estimate of drug-likeness (QED) is 0.723. The highest BCUT2D eigenvalue weighted by atomic mass is 19.1. The fourth-order valence-electron chi connectivity index (χ4n) is 1.77. The number of halogens is 1. The van der Waals surface area contributed by atoms with Gasteiger partial charge in [0.15, 0.2) is 23.1 Å². The predicted octanol–water partition coefficient (Wildman–Crippen LogP) is 0.555. The molecule has 3 N–H and O–H groups in total. The Morgan fingerprint density at radius 3 is 2.88 bits per heavy atom. The summed E-state index contributed by atoms with van der Waals surface area (Å²) in [4.78, 5) is 0. The zero-order chi connectivity index (χ0) is 12.4. The van der Waals surface area contributed by atoms with Crippen molar-refractivity contribution in [1.82, 2.24) is 5.32 Å². The van der Waals surface area contributed by atoms with Crippen LogP contribution >= 0.6 is 0 Å². The highest BCUT2D eigenvalue weighted by Crippen LogP contribution is 2.42. The van der Waals surface area contributed by atoms with Crippen LogP contribution in [0.15, 0.2) is 6.07 Å². The molecule has 6 heteroatoms. The summed E-state index contributed by atoms with van der Waals surface area (Å²) >= 11 is 0. The lowest BCUT2D eigenvalue weighted by Gasteiger charge is -2.24. The second-order valence-corrected chi connectivity index (χ2v) is 3.72. The van der Waals surface area contributed by atoms with Gasteiger partial charge < -0.3 is 25.0 Å². The van der Waals surface area contributed by atoms with Gasteiger partial charge in [-0.05, 0) is 7.05 Å². The smallest absolute Gasteiger partial charge is 0.174 e. The number of ether oxygens (including phenoxy) is 2. The molecule has 0 fully saturated rings. The summed E-state index contributed by atoms with van der Waals surface area (Å²) in [6.07, 6.45) is -1.11. The van der Waals surface area contributed by atoms with Gasteiger partial charge in [0.25, 0.3) is 0 Å². The summed E-state index contributed by atoms with van der Waals surface area (Å²) in [6.45, 7) is 0.770. The minimum Gasteiger partial charge on any atom is -0.505 e. The van der Waals surface area contributed by atoms with Crippen LogP contribution in [0.5, 0.6) is 17.2 Å². The van der Waals surface area contributed by atoms with E-state index < -0.39 is 17.7 Å². The van der Waals surface area contributed by atoms with Crippen LogP contribution in [0, 0.1) is 5.82 Å². The number of fused-ring (bicyclic) bond motifs is 1. The summed E-state index contributed by atoms with van der Waals surface area (Å²) in [5, 5.41) is 22.0. The molecule has 2 rings (SSSR count). The Bertz CT molecular complexity index is 424. The topological polar surface area (TPSA) is 71.0 Å². The van der Waals surface area contributed by atoms with Gasteiger partial charge in [0, 0.05) is 12.6 Å². The predicted molar refractivity (Wildman–Crippen MR) is 57.9 cm³/mol. The summed E-state index contributed by atoms with van der Waals surface area (Å²) in [5.74, 6) is -1.02. The molecule has 17 heavy (non-hydrogen) atoms. The number of aliphatic hydroxyl groups excluding tert-OH is 1. The van der Waals surface area contributed by atoms with Crippen LogP contribution in [0.2, 0.25) is 0 Å². The number of aliphatic hydroxyl groups is 1. The molecule has 1 atom stereocenters. The molecule has 5 nitrogen and oxygen atoms in total. The Morgan fingerprint density at radius 1 is 1.47 bits per heavy atom. The number of phenols is 1. The number of rotatable bonds is 3. The van der Waals surface area contributed by atoms with E-state index in [1.807, 2.05) is 0 Å². The van der Waals surface area contributed by atoms with Crippen LogP contribution in [0.25, 0.3) is 0 Å². The fraction of sp³-hybridized carbons (Fsp3) is 0.455. The molecule has 0 aromatic heterocycles. The Kier molecular flexibility index (Phi) is 3.35. The molecule has 0 bridgehead atoms. The molecular weight excluding hydrogens is 229 g/mol. The molecule has 1 aliphatic rings. The second kappa shape index (κ2) is 4.77. The first-order chi connectivity index (χ1) is 8.15. The Hall–Kier alpha value is -1.53. The molecule has 0 amide bonds. The fourth-order valence-corrected chi connectivity index (χ4v) is 1.77. The largest absolute Gasteiger partial charge is 0.505 e. The van der Waals surface area contributed by atoms with Gasteiger partial charge in [-0.3, -0.25) is 0 Å². The van der Waals surface area contributed by atoms with Gasteiger partial charge in [0.05, 0.1) is 11.7 Å². The molecule has 1 aromatic carbocycles. The SMILES string of the molecule is CNCC(O)c1c(F)c(O)cc2c1OCCO2. The highest BCUT2D eigenvalue weighted by Gasteiger charge is 2.27. The van der Waals surface area contributed by atoms with E-state index in [4.69, 9.17) is 9.47 Å². The maximum Gasteiger partial charge on any atom is 0.174 e. The van der Waals surface area contributed by atoms with Gasteiger partial charge in [-0.2, -0.15) is 0 Å². The van der Waals surface area contributed by atoms with Crippen molar-refractivity contribution >= 4 is 0 Å². The van der Waals surface area contributed by atoms with Crippen molar-refractivity contribution in [1.29, 1.82) is 0 Å². The molecule has 0 aliphatic carbocycles. The summed E-state index contributed by atoms with van der Waals surface area (Å²) in [6, 6.07) is 1.15. The number of aromatic hydroxyl groups is 1. The van der Waals surface area contributed by atoms with Crippen molar-refractivity contribution in [3.05, 3.63) is 17.4 Å². The summed E-state index contributed by atoms with van der Waals surface area (Å²) in [5.41, 5.74) is -0.0750. The Balaban J connectivity index is 2.50. The summed E-state index contributed by atoms with van der Waals surface area (Å²) < 4.78 is 24.3. The standard InChI is InChI=1S/C11H14FNO4/c1-13-5-7(15)9-10(12)6(14)4-8-11(9)17-3-2-16-8/h4,7,13-15H,2-3,5H2,1H3. The average molecular weight is 243 g/mol. The third kappa shape index (κ3) is 2.13. The normalized spacial score (nSPS) is 15.7. The highest BCUT2D eigenvalue weighted by molar-refractivity contribution is 5.54. The molecule has 1 aromatic rings. The number of hydrogen-bond acceptors (Lipinski definition) is 5. The van der Waals surface area contributed by atoms with Crippen LogP contribution in [0.3, 0.4) is 0 Å². The monoisotopic (exact) mass is 243 g/mol. The molecule has 0 radical (unpaired) electrons. The third-order valence-electron chi connectivity index (χ3n) is 2.52. The third-order valence-corrected chi connectivity index (χ3v) is 2.52. The lowest BCUT2D eigenvalue weighted by atomic mass is 10.1. The van der Waals surface area contributed by atoms with E-state index >= 15 is 0 Å². The van der Waals surface area contributed by atoms with E-state index in [1.54, 1.807) is 7.05 Å². The molecule has 0 saturated heterocycles. The first-order valence-electron chi connectivity index (χ1n) is 5.28. The van der Waals surface area contributed by atoms with Crippen LogP contribution in [-0.2, 0) is 0 Å². The van der Waals surface area contributed by atoms with Crippen molar-refractivity contribution in [3.63, 3.8) is 0 Å². The first-order valence-corrected chi connectivity index (χ1v) is 5.28. The van der Waals surface area contributed by atoms with E-state index in [1.165, 1.54) is 0 Å². The molecule has 1 aliphatic heterocycles. The van der Waals surface area contributed by atoms with Crippen LogP contribution in [0.1, 0.15) is 11.7 Å². The minimum absolute atomic E-state index is 0.0750. The molecule has 94 valence electrons. The van der Waals surface area contributed by atoms with E-state index in [2.05, 4.69) is 5.32 Å². The number of benzene rings is 1. The zero-order valence-electron chi connectivity index (χ0n) is 9.36. The van der Waals surface area contributed by atoms with Crippen molar-refractivity contribution < 1.29 is 24.1 Å². The molecule has 1 unspecified atom stereocenters. The minimum atomic E-state index is -1.11. The molecule has 0 spiro atoms.